The van der Waals surface area contributed by atoms with Crippen LogP contribution < -0.4 is 21.1 Å². The van der Waals surface area contributed by atoms with Crippen molar-refractivity contribution >= 4 is 17.4 Å². The number of nitrogen functional groups attached to an aromatic ring is 1. The second-order valence-corrected chi connectivity index (χ2v) is 4.04. The zero-order valence-electron chi connectivity index (χ0n) is 10.7. The summed E-state index contributed by atoms with van der Waals surface area (Å²) in [4.78, 5) is 21.3. The Morgan fingerprint density at radius 2 is 2.42 bits per heavy atom. The molecule has 0 spiro atoms. The third-order valence-electron chi connectivity index (χ3n) is 2.84. The van der Waals surface area contributed by atoms with Crippen molar-refractivity contribution in [3.05, 3.63) is 6.33 Å². The normalized spacial score (nSPS) is 19.2. The topological polar surface area (TPSA) is 117 Å². The van der Waals surface area contributed by atoms with E-state index in [0.717, 1.165) is 0 Å². The summed E-state index contributed by atoms with van der Waals surface area (Å²) in [5, 5.41) is 0. The molecule has 2 heterocycles. The fourth-order valence-corrected chi connectivity index (χ4v) is 1.94. The molecule has 8 nitrogen and oxygen atoms in total. The molecule has 1 aliphatic rings. The molecular weight excluding hydrogens is 250 g/mol. The summed E-state index contributed by atoms with van der Waals surface area (Å²) in [5.41, 5.74) is 11.6. The van der Waals surface area contributed by atoms with Gasteiger partial charge in [-0.3, -0.25) is 4.79 Å². The van der Waals surface area contributed by atoms with Crippen LogP contribution in [0.4, 0.5) is 11.5 Å². The Kier molecular flexibility index (Phi) is 4.00. The van der Waals surface area contributed by atoms with Crippen LogP contribution in [0.3, 0.4) is 0 Å². The fraction of sp³-hybridized carbons (Fsp3) is 0.545. The standard InChI is InChI=1S/C11H17N5O3/c1-2-19-11-8(12)10(14-6-15-11)16-3-4-18-5-7(16)9(13)17/h6-7H,2-5,12H2,1H3,(H2,13,17). The van der Waals surface area contributed by atoms with Crippen LogP contribution >= 0.6 is 0 Å². The Morgan fingerprint density at radius 1 is 1.63 bits per heavy atom. The van der Waals surface area contributed by atoms with E-state index in [4.69, 9.17) is 20.9 Å². The molecule has 0 bridgehead atoms. The Hall–Kier alpha value is -2.09. The highest BCUT2D eigenvalue weighted by atomic mass is 16.5. The van der Waals surface area contributed by atoms with Gasteiger partial charge < -0.3 is 25.8 Å². The van der Waals surface area contributed by atoms with Crippen molar-refractivity contribution in [2.24, 2.45) is 5.73 Å². The molecule has 1 fully saturated rings. The van der Waals surface area contributed by atoms with Gasteiger partial charge in [0.05, 0.1) is 19.8 Å². The fourth-order valence-electron chi connectivity index (χ4n) is 1.94. The number of nitrogens with two attached hydrogens (primary N) is 2. The van der Waals surface area contributed by atoms with Crippen LogP contribution in [-0.4, -0.2) is 48.3 Å². The van der Waals surface area contributed by atoms with Gasteiger partial charge in [0.2, 0.25) is 11.8 Å². The van der Waals surface area contributed by atoms with E-state index in [1.54, 1.807) is 4.90 Å². The zero-order valence-corrected chi connectivity index (χ0v) is 10.7. The molecule has 1 unspecified atom stereocenters. The van der Waals surface area contributed by atoms with Crippen molar-refractivity contribution in [3.63, 3.8) is 0 Å². The third kappa shape index (κ3) is 2.68. The Labute approximate surface area is 110 Å². The zero-order chi connectivity index (χ0) is 13.8. The van der Waals surface area contributed by atoms with Gasteiger partial charge in [0.1, 0.15) is 18.1 Å². The van der Waals surface area contributed by atoms with Crippen LogP contribution in [0.1, 0.15) is 6.92 Å². The molecule has 104 valence electrons. The van der Waals surface area contributed by atoms with E-state index in [2.05, 4.69) is 9.97 Å². The van der Waals surface area contributed by atoms with Crippen molar-refractivity contribution in [2.45, 2.75) is 13.0 Å². The highest BCUT2D eigenvalue weighted by Gasteiger charge is 2.30. The molecule has 1 atom stereocenters. The molecule has 2 rings (SSSR count). The van der Waals surface area contributed by atoms with Crippen LogP contribution in [0.15, 0.2) is 6.33 Å². The van der Waals surface area contributed by atoms with E-state index < -0.39 is 11.9 Å². The van der Waals surface area contributed by atoms with Crippen LogP contribution in [0, 0.1) is 0 Å². The maximum absolute atomic E-state index is 11.4. The van der Waals surface area contributed by atoms with Gasteiger partial charge in [0.25, 0.3) is 0 Å². The van der Waals surface area contributed by atoms with Gasteiger partial charge >= 0.3 is 0 Å². The molecule has 1 aliphatic heterocycles. The minimum absolute atomic E-state index is 0.225. The highest BCUT2D eigenvalue weighted by Crippen LogP contribution is 2.29. The summed E-state index contributed by atoms with van der Waals surface area (Å²) in [5.74, 6) is 0.281. The quantitative estimate of drug-likeness (QED) is 0.729. The number of morpholine rings is 1. The molecule has 0 saturated carbocycles. The molecular formula is C11H17N5O3. The molecule has 0 radical (unpaired) electrons. The minimum atomic E-state index is -0.583. The SMILES string of the molecule is CCOc1ncnc(N2CCOCC2C(N)=O)c1N. The number of hydrogen-bond acceptors (Lipinski definition) is 7. The summed E-state index contributed by atoms with van der Waals surface area (Å²) >= 11 is 0. The number of aromatic nitrogens is 2. The molecule has 8 heteroatoms. The predicted molar refractivity (Wildman–Crippen MR) is 68.8 cm³/mol. The first-order chi connectivity index (χ1) is 9.15. The summed E-state index contributed by atoms with van der Waals surface area (Å²) in [6.45, 7) is 3.48. The lowest BCUT2D eigenvalue weighted by Crippen LogP contribution is -2.53. The number of hydrogen-bond donors (Lipinski definition) is 2. The Balaban J connectivity index is 2.33. The minimum Gasteiger partial charge on any atom is -0.476 e. The highest BCUT2D eigenvalue weighted by molar-refractivity contribution is 5.85. The van der Waals surface area contributed by atoms with Crippen molar-refractivity contribution in [2.75, 3.05) is 37.0 Å². The van der Waals surface area contributed by atoms with E-state index in [-0.39, 0.29) is 6.61 Å². The van der Waals surface area contributed by atoms with Gasteiger partial charge in [-0.1, -0.05) is 0 Å². The van der Waals surface area contributed by atoms with Crippen LogP contribution in [0.25, 0.3) is 0 Å². The van der Waals surface area contributed by atoms with Gasteiger partial charge in [-0.05, 0) is 6.92 Å². The van der Waals surface area contributed by atoms with Gasteiger partial charge in [0, 0.05) is 6.54 Å². The predicted octanol–water partition coefficient (Wildman–Crippen LogP) is -0.852. The molecule has 1 saturated heterocycles. The average Bonchev–Trinajstić information content (AvgIpc) is 2.41. The van der Waals surface area contributed by atoms with E-state index in [1.165, 1.54) is 6.33 Å². The summed E-state index contributed by atoms with van der Waals surface area (Å²) < 4.78 is 10.6. The maximum Gasteiger partial charge on any atom is 0.242 e. The van der Waals surface area contributed by atoms with E-state index in [9.17, 15) is 4.79 Å². The van der Waals surface area contributed by atoms with E-state index in [0.29, 0.717) is 37.1 Å². The first-order valence-electron chi connectivity index (χ1n) is 6.02. The van der Waals surface area contributed by atoms with Gasteiger partial charge in [-0.2, -0.15) is 4.98 Å². The monoisotopic (exact) mass is 267 g/mol. The number of rotatable bonds is 4. The summed E-state index contributed by atoms with van der Waals surface area (Å²) in [6.07, 6.45) is 1.35. The second-order valence-electron chi connectivity index (χ2n) is 4.04. The number of ether oxygens (including phenoxy) is 2. The van der Waals surface area contributed by atoms with Crippen molar-refractivity contribution < 1.29 is 14.3 Å². The molecule has 19 heavy (non-hydrogen) atoms. The first kappa shape index (κ1) is 13.3. The maximum atomic E-state index is 11.4. The number of nitrogens with zero attached hydrogens (tertiary/aromatic N) is 3. The number of amides is 1. The number of anilines is 2. The lowest BCUT2D eigenvalue weighted by atomic mass is 10.2. The number of primary amides is 1. The largest absolute Gasteiger partial charge is 0.476 e. The summed E-state index contributed by atoms with van der Waals surface area (Å²) in [7, 11) is 0. The molecule has 1 aromatic heterocycles. The molecule has 0 aliphatic carbocycles. The molecule has 4 N–H and O–H groups in total. The second kappa shape index (κ2) is 5.70. The number of carbonyl (C=O) groups excluding carboxylic acids is 1. The molecule has 0 aromatic carbocycles. The van der Waals surface area contributed by atoms with E-state index in [1.807, 2.05) is 6.92 Å². The van der Waals surface area contributed by atoms with Gasteiger partial charge in [0.15, 0.2) is 5.82 Å². The molecule has 1 amide bonds. The average molecular weight is 267 g/mol. The number of carbonyl (C=O) groups is 1. The van der Waals surface area contributed by atoms with Crippen molar-refractivity contribution in [1.82, 2.24) is 9.97 Å². The lowest BCUT2D eigenvalue weighted by molar-refractivity contribution is -0.121. The van der Waals surface area contributed by atoms with Crippen molar-refractivity contribution in [3.8, 4) is 5.88 Å². The Bertz CT molecular complexity index is 468. The van der Waals surface area contributed by atoms with Crippen molar-refractivity contribution in [1.29, 1.82) is 0 Å². The van der Waals surface area contributed by atoms with E-state index >= 15 is 0 Å². The van der Waals surface area contributed by atoms with Crippen LogP contribution in [-0.2, 0) is 9.53 Å². The van der Waals surface area contributed by atoms with Gasteiger partial charge in [-0.25, -0.2) is 4.98 Å². The Morgan fingerprint density at radius 3 is 3.11 bits per heavy atom. The first-order valence-corrected chi connectivity index (χ1v) is 6.02. The van der Waals surface area contributed by atoms with Crippen LogP contribution in [0.2, 0.25) is 0 Å². The van der Waals surface area contributed by atoms with Crippen LogP contribution in [0.5, 0.6) is 5.88 Å². The summed E-state index contributed by atoms with van der Waals surface area (Å²) in [6, 6.07) is -0.583. The third-order valence-corrected chi connectivity index (χ3v) is 2.84. The lowest BCUT2D eigenvalue weighted by Gasteiger charge is -2.34. The van der Waals surface area contributed by atoms with Gasteiger partial charge in [-0.15, -0.1) is 0 Å². The smallest absolute Gasteiger partial charge is 0.242 e. The molecule has 1 aromatic rings.